The zero-order valence-electron chi connectivity index (χ0n) is 9.91. The van der Waals surface area contributed by atoms with E-state index in [1.807, 2.05) is 0 Å². The first-order chi connectivity index (χ1) is 8.54. The lowest BCUT2D eigenvalue weighted by atomic mass is 10.0. The van der Waals surface area contributed by atoms with Crippen molar-refractivity contribution >= 4 is 28.5 Å². The molecule has 0 radical (unpaired) electrons. The van der Waals surface area contributed by atoms with Crippen molar-refractivity contribution in [1.29, 1.82) is 0 Å². The molecule has 0 bridgehead atoms. The molecular formula is C12H11ClN2O3. The van der Waals surface area contributed by atoms with Crippen LogP contribution in [0.2, 0.25) is 5.15 Å². The number of nitrogens with one attached hydrogen (secondary N) is 1. The van der Waals surface area contributed by atoms with Crippen LogP contribution in [0.25, 0.3) is 10.9 Å². The molecule has 0 atom stereocenters. The van der Waals surface area contributed by atoms with E-state index in [1.54, 1.807) is 13.0 Å². The molecule has 18 heavy (non-hydrogen) atoms. The van der Waals surface area contributed by atoms with Gasteiger partial charge in [-0.25, -0.2) is 4.98 Å². The van der Waals surface area contributed by atoms with Crippen LogP contribution in [0.3, 0.4) is 0 Å². The fourth-order valence-corrected chi connectivity index (χ4v) is 2.15. The van der Waals surface area contributed by atoms with Crippen LogP contribution in [0.5, 0.6) is 0 Å². The Hall–Kier alpha value is -1.88. The van der Waals surface area contributed by atoms with E-state index in [4.69, 9.17) is 11.6 Å². The molecule has 2 aromatic rings. The second kappa shape index (κ2) is 4.78. The lowest BCUT2D eigenvalue weighted by molar-refractivity contribution is -0.139. The maximum Gasteiger partial charge on any atom is 0.310 e. The number of hydrogen-bond donors (Lipinski definition) is 1. The second-order valence-electron chi connectivity index (χ2n) is 3.83. The van der Waals surface area contributed by atoms with Crippen molar-refractivity contribution in [1.82, 2.24) is 9.97 Å². The highest BCUT2D eigenvalue weighted by Gasteiger charge is 2.15. The highest BCUT2D eigenvalue weighted by atomic mass is 35.5. The third-order valence-corrected chi connectivity index (χ3v) is 3.09. The predicted molar refractivity (Wildman–Crippen MR) is 67.8 cm³/mol. The first-order valence-corrected chi connectivity index (χ1v) is 5.65. The number of aryl methyl sites for hydroxylation is 1. The van der Waals surface area contributed by atoms with Gasteiger partial charge in [0.05, 0.1) is 19.0 Å². The van der Waals surface area contributed by atoms with Crippen LogP contribution in [-0.4, -0.2) is 23.0 Å². The van der Waals surface area contributed by atoms with Gasteiger partial charge in [-0.3, -0.25) is 9.59 Å². The van der Waals surface area contributed by atoms with E-state index in [0.717, 1.165) is 0 Å². The summed E-state index contributed by atoms with van der Waals surface area (Å²) in [4.78, 5) is 29.8. The summed E-state index contributed by atoms with van der Waals surface area (Å²) in [5, 5.41) is 0.949. The Morgan fingerprint density at radius 3 is 2.94 bits per heavy atom. The third kappa shape index (κ3) is 2.09. The number of ether oxygens (including phenoxy) is 1. The number of aromatic amines is 1. The largest absolute Gasteiger partial charge is 0.469 e. The van der Waals surface area contributed by atoms with E-state index in [-0.39, 0.29) is 12.0 Å². The molecule has 6 heteroatoms. The Balaban J connectivity index is 2.72. The highest BCUT2D eigenvalue weighted by molar-refractivity contribution is 6.34. The van der Waals surface area contributed by atoms with Crippen molar-refractivity contribution in [3.63, 3.8) is 0 Å². The maximum atomic E-state index is 11.9. The lowest BCUT2D eigenvalue weighted by Gasteiger charge is -2.08. The number of esters is 1. The van der Waals surface area contributed by atoms with Crippen LogP contribution >= 0.6 is 11.6 Å². The van der Waals surface area contributed by atoms with Crippen LogP contribution in [0.15, 0.2) is 17.1 Å². The molecule has 0 aliphatic rings. The molecule has 0 aromatic carbocycles. The van der Waals surface area contributed by atoms with Crippen LogP contribution < -0.4 is 5.56 Å². The minimum Gasteiger partial charge on any atom is -0.469 e. The molecule has 94 valence electrons. The van der Waals surface area contributed by atoms with Crippen molar-refractivity contribution in [3.8, 4) is 0 Å². The van der Waals surface area contributed by atoms with Crippen molar-refractivity contribution in [2.45, 2.75) is 13.3 Å². The van der Waals surface area contributed by atoms with Crippen LogP contribution in [0.1, 0.15) is 11.1 Å². The Bertz CT molecular complexity index is 679. The van der Waals surface area contributed by atoms with Crippen molar-refractivity contribution in [3.05, 3.63) is 38.9 Å². The van der Waals surface area contributed by atoms with Crippen molar-refractivity contribution in [2.24, 2.45) is 0 Å². The Morgan fingerprint density at radius 1 is 1.56 bits per heavy atom. The van der Waals surface area contributed by atoms with E-state index in [0.29, 0.717) is 27.2 Å². The number of H-pyrrole nitrogens is 1. The van der Waals surface area contributed by atoms with Crippen LogP contribution in [-0.2, 0) is 16.0 Å². The quantitative estimate of drug-likeness (QED) is 0.662. The van der Waals surface area contributed by atoms with Crippen LogP contribution in [0.4, 0.5) is 0 Å². The molecule has 5 nitrogen and oxygen atoms in total. The number of fused-ring (bicyclic) bond motifs is 1. The van der Waals surface area contributed by atoms with Crippen molar-refractivity contribution < 1.29 is 9.53 Å². The van der Waals surface area contributed by atoms with Gasteiger partial charge in [-0.05, 0) is 18.6 Å². The van der Waals surface area contributed by atoms with Crippen LogP contribution in [0, 0.1) is 6.92 Å². The normalized spacial score (nSPS) is 10.6. The van der Waals surface area contributed by atoms with E-state index < -0.39 is 5.97 Å². The van der Waals surface area contributed by atoms with Gasteiger partial charge < -0.3 is 9.72 Å². The molecule has 0 aliphatic heterocycles. The minimum atomic E-state index is -0.469. The summed E-state index contributed by atoms with van der Waals surface area (Å²) in [7, 11) is 1.28. The summed E-state index contributed by atoms with van der Waals surface area (Å²) >= 11 is 6.01. The number of carbonyl (C=O) groups is 1. The molecule has 1 N–H and O–H groups in total. The highest BCUT2D eigenvalue weighted by Crippen LogP contribution is 2.23. The fraction of sp³-hybridized carbons (Fsp3) is 0.250. The van der Waals surface area contributed by atoms with Gasteiger partial charge in [0.1, 0.15) is 5.15 Å². The number of methoxy groups -OCH3 is 1. The predicted octanol–water partition coefficient (Wildman–Crippen LogP) is 1.60. The Morgan fingerprint density at radius 2 is 2.28 bits per heavy atom. The molecule has 2 aromatic heterocycles. The summed E-state index contributed by atoms with van der Waals surface area (Å²) < 4.78 is 4.57. The molecule has 2 heterocycles. The fourth-order valence-electron chi connectivity index (χ4n) is 1.85. The van der Waals surface area contributed by atoms with Gasteiger partial charge in [-0.2, -0.15) is 0 Å². The molecule has 0 spiro atoms. The van der Waals surface area contributed by atoms with Gasteiger partial charge >= 0.3 is 5.97 Å². The molecule has 0 aliphatic carbocycles. The molecule has 0 amide bonds. The number of aromatic nitrogens is 2. The first-order valence-electron chi connectivity index (χ1n) is 5.27. The average molecular weight is 267 g/mol. The first kappa shape index (κ1) is 12.6. The summed E-state index contributed by atoms with van der Waals surface area (Å²) in [6, 6.07) is 1.66. The van der Waals surface area contributed by atoms with Gasteiger partial charge in [0.25, 0.3) is 5.56 Å². The van der Waals surface area contributed by atoms with Gasteiger partial charge in [0.2, 0.25) is 0 Å². The summed E-state index contributed by atoms with van der Waals surface area (Å²) in [6.45, 7) is 1.74. The number of pyridine rings is 2. The molecule has 0 fully saturated rings. The summed E-state index contributed by atoms with van der Waals surface area (Å²) in [6.07, 6.45) is 1.43. The zero-order valence-corrected chi connectivity index (χ0v) is 10.7. The van der Waals surface area contributed by atoms with Gasteiger partial charge in [-0.15, -0.1) is 0 Å². The zero-order chi connectivity index (χ0) is 13.3. The standard InChI is InChI=1S/C12H11ClN2O3/c1-6-7(5-9(16)18-2)12(17)15-8-3-4-14-11(13)10(6)8/h3-4H,5H2,1-2H3,(H,15,17). The number of rotatable bonds is 2. The SMILES string of the molecule is COC(=O)Cc1c(C)c2c(Cl)nccc2[nH]c1=O. The minimum absolute atomic E-state index is 0.0845. The maximum absolute atomic E-state index is 11.9. The average Bonchev–Trinajstić information content (AvgIpc) is 2.33. The molecule has 2 rings (SSSR count). The molecular weight excluding hydrogens is 256 g/mol. The summed E-state index contributed by atoms with van der Waals surface area (Å²) in [5.74, 6) is -0.469. The van der Waals surface area contributed by atoms with E-state index in [9.17, 15) is 9.59 Å². The van der Waals surface area contributed by atoms with E-state index >= 15 is 0 Å². The third-order valence-electron chi connectivity index (χ3n) is 2.80. The Kier molecular flexibility index (Phi) is 3.34. The van der Waals surface area contributed by atoms with Crippen molar-refractivity contribution in [2.75, 3.05) is 7.11 Å². The Labute approximate surface area is 108 Å². The molecule has 0 saturated heterocycles. The molecule has 0 unspecified atom stereocenters. The number of halogens is 1. The van der Waals surface area contributed by atoms with Gasteiger partial charge in [0.15, 0.2) is 0 Å². The second-order valence-corrected chi connectivity index (χ2v) is 4.19. The van der Waals surface area contributed by atoms with Gasteiger partial charge in [-0.1, -0.05) is 11.6 Å². The molecule has 0 saturated carbocycles. The lowest BCUT2D eigenvalue weighted by Crippen LogP contribution is -2.19. The van der Waals surface area contributed by atoms with E-state index in [2.05, 4.69) is 14.7 Å². The number of carbonyl (C=O) groups excluding carboxylic acids is 1. The monoisotopic (exact) mass is 266 g/mol. The van der Waals surface area contributed by atoms with Gasteiger partial charge in [0, 0.05) is 17.1 Å². The number of nitrogens with zero attached hydrogens (tertiary/aromatic N) is 1. The van der Waals surface area contributed by atoms with E-state index in [1.165, 1.54) is 13.3 Å². The number of hydrogen-bond acceptors (Lipinski definition) is 4. The topological polar surface area (TPSA) is 72.0 Å². The summed E-state index contributed by atoms with van der Waals surface area (Å²) in [5.41, 5.74) is 1.29. The smallest absolute Gasteiger partial charge is 0.310 e.